The van der Waals surface area contributed by atoms with Gasteiger partial charge < -0.3 is 0 Å². The predicted octanol–water partition coefficient (Wildman–Crippen LogP) is 11.7. The van der Waals surface area contributed by atoms with Gasteiger partial charge in [0.15, 0.2) is 0 Å². The van der Waals surface area contributed by atoms with Crippen molar-refractivity contribution in [3.05, 3.63) is 0 Å². The molecular formula is C33H66. The Morgan fingerprint density at radius 2 is 1.39 bits per heavy atom. The second-order valence-electron chi connectivity index (χ2n) is 13.0. The van der Waals surface area contributed by atoms with Crippen molar-refractivity contribution in [2.24, 2.45) is 46.8 Å². The lowest BCUT2D eigenvalue weighted by atomic mass is 9.58. The van der Waals surface area contributed by atoms with Crippen molar-refractivity contribution in [2.45, 2.75) is 165 Å². The van der Waals surface area contributed by atoms with E-state index < -0.39 is 0 Å². The van der Waals surface area contributed by atoms with Crippen LogP contribution in [0.25, 0.3) is 0 Å². The second-order valence-corrected chi connectivity index (χ2v) is 13.0. The molecule has 0 bridgehead atoms. The van der Waals surface area contributed by atoms with E-state index in [-0.39, 0.29) is 0 Å². The molecule has 0 aliphatic heterocycles. The zero-order valence-corrected chi connectivity index (χ0v) is 24.9. The Morgan fingerprint density at radius 3 is 1.97 bits per heavy atom. The summed E-state index contributed by atoms with van der Waals surface area (Å²) in [6.45, 7) is 22.8. The van der Waals surface area contributed by atoms with E-state index in [4.69, 9.17) is 0 Å². The first-order valence-electron chi connectivity index (χ1n) is 15.7. The zero-order valence-electron chi connectivity index (χ0n) is 24.9. The fourth-order valence-corrected chi connectivity index (χ4v) is 7.95. The Balaban J connectivity index is 2.82. The third-order valence-electron chi connectivity index (χ3n) is 10.7. The normalized spacial score (nSPS) is 34.5. The molecule has 0 spiro atoms. The van der Waals surface area contributed by atoms with E-state index in [1.165, 1.54) is 103 Å². The molecule has 0 nitrogen and oxygen atoms in total. The third kappa shape index (κ3) is 9.88. The van der Waals surface area contributed by atoms with Gasteiger partial charge >= 0.3 is 0 Å². The van der Waals surface area contributed by atoms with Crippen LogP contribution in [0.5, 0.6) is 0 Å². The summed E-state index contributed by atoms with van der Waals surface area (Å²) in [5.41, 5.74) is 0.498. The van der Waals surface area contributed by atoms with Crippen LogP contribution in [0.3, 0.4) is 0 Å². The van der Waals surface area contributed by atoms with Crippen LogP contribution in [0.4, 0.5) is 0 Å². The van der Waals surface area contributed by atoms with Gasteiger partial charge in [-0.05, 0) is 59.7 Å². The monoisotopic (exact) mass is 463 g/mol. The quantitative estimate of drug-likeness (QED) is 0.212. The number of hydrogen-bond acceptors (Lipinski definition) is 0. The fraction of sp³-hybridized carbons (Fsp3) is 1.00. The number of rotatable bonds is 15. The summed E-state index contributed by atoms with van der Waals surface area (Å²) in [5, 5.41) is 0. The molecule has 1 saturated carbocycles. The molecule has 1 rings (SSSR count). The Hall–Kier alpha value is 0. The van der Waals surface area contributed by atoms with E-state index in [1.54, 1.807) is 0 Å². The lowest BCUT2D eigenvalue weighted by molar-refractivity contribution is 0.0150. The van der Waals surface area contributed by atoms with Crippen LogP contribution in [0.2, 0.25) is 0 Å². The molecule has 0 heterocycles. The summed E-state index contributed by atoms with van der Waals surface area (Å²) in [5.74, 6) is 6.30. The van der Waals surface area contributed by atoms with Crippen molar-refractivity contribution in [2.75, 3.05) is 0 Å². The van der Waals surface area contributed by atoms with Gasteiger partial charge in [0.1, 0.15) is 0 Å². The van der Waals surface area contributed by atoms with Crippen molar-refractivity contribution in [3.63, 3.8) is 0 Å². The molecule has 0 aromatic heterocycles. The van der Waals surface area contributed by atoms with Crippen LogP contribution in [0.1, 0.15) is 165 Å². The van der Waals surface area contributed by atoms with Crippen molar-refractivity contribution in [3.8, 4) is 0 Å². The Morgan fingerprint density at radius 1 is 0.758 bits per heavy atom. The van der Waals surface area contributed by atoms with E-state index in [0.717, 1.165) is 41.4 Å². The van der Waals surface area contributed by atoms with Crippen LogP contribution >= 0.6 is 0 Å². The highest BCUT2D eigenvalue weighted by molar-refractivity contribution is 4.93. The van der Waals surface area contributed by atoms with Crippen LogP contribution in [0, 0.1) is 46.8 Å². The average molecular weight is 463 g/mol. The SMILES string of the molecule is CCCCCCC(C)CCCCC1CC(CCCC)CC(C)C(CC)C(C)(CC)C(C)C1C. The highest BCUT2D eigenvalue weighted by Gasteiger charge is 2.44. The summed E-state index contributed by atoms with van der Waals surface area (Å²) < 4.78 is 0. The highest BCUT2D eigenvalue weighted by atomic mass is 14.5. The van der Waals surface area contributed by atoms with Crippen molar-refractivity contribution in [1.29, 1.82) is 0 Å². The minimum atomic E-state index is 0.498. The smallest absolute Gasteiger partial charge is 0.0269 e. The molecule has 0 radical (unpaired) electrons. The van der Waals surface area contributed by atoms with Gasteiger partial charge in [0.25, 0.3) is 0 Å². The molecule has 33 heavy (non-hydrogen) atoms. The van der Waals surface area contributed by atoms with Gasteiger partial charge in [-0.2, -0.15) is 0 Å². The lowest BCUT2D eigenvalue weighted by Gasteiger charge is -2.47. The van der Waals surface area contributed by atoms with E-state index in [0.29, 0.717) is 5.41 Å². The van der Waals surface area contributed by atoms with E-state index in [1.807, 2.05) is 0 Å². The van der Waals surface area contributed by atoms with Gasteiger partial charge in [-0.1, -0.05) is 152 Å². The summed E-state index contributed by atoms with van der Waals surface area (Å²) in [6, 6.07) is 0. The zero-order chi connectivity index (χ0) is 24.9. The van der Waals surface area contributed by atoms with Crippen molar-refractivity contribution >= 4 is 0 Å². The summed E-state index contributed by atoms with van der Waals surface area (Å²) in [6.07, 6.45) is 23.0. The van der Waals surface area contributed by atoms with Crippen molar-refractivity contribution in [1.82, 2.24) is 0 Å². The maximum absolute atomic E-state index is 2.67. The molecule has 1 fully saturated rings. The second kappa shape index (κ2) is 16.6. The number of hydrogen-bond donors (Lipinski definition) is 0. The molecule has 0 aromatic carbocycles. The van der Waals surface area contributed by atoms with E-state index in [2.05, 4.69) is 62.3 Å². The molecule has 1 aliphatic carbocycles. The molecule has 1 aliphatic rings. The molecule has 0 heteroatoms. The minimum Gasteiger partial charge on any atom is -0.0654 e. The van der Waals surface area contributed by atoms with Gasteiger partial charge in [-0.15, -0.1) is 0 Å². The predicted molar refractivity (Wildman–Crippen MR) is 152 cm³/mol. The summed E-state index contributed by atoms with van der Waals surface area (Å²) in [4.78, 5) is 0. The van der Waals surface area contributed by atoms with Gasteiger partial charge in [0, 0.05) is 0 Å². The van der Waals surface area contributed by atoms with E-state index >= 15 is 0 Å². The lowest BCUT2D eigenvalue weighted by Crippen LogP contribution is -2.40. The first kappa shape index (κ1) is 31.0. The minimum absolute atomic E-state index is 0.498. The van der Waals surface area contributed by atoms with Gasteiger partial charge in [-0.3, -0.25) is 0 Å². The Labute approximate surface area is 211 Å². The highest BCUT2D eigenvalue weighted by Crippen LogP contribution is 2.52. The Bertz CT molecular complexity index is 467. The van der Waals surface area contributed by atoms with Crippen molar-refractivity contribution < 1.29 is 0 Å². The van der Waals surface area contributed by atoms with Crippen LogP contribution < -0.4 is 0 Å². The molecule has 0 saturated heterocycles. The Kier molecular flexibility index (Phi) is 15.6. The maximum atomic E-state index is 2.67. The fourth-order valence-electron chi connectivity index (χ4n) is 7.95. The molecule has 0 N–H and O–H groups in total. The molecule has 8 atom stereocenters. The standard InChI is InChI=1S/C33H66/c1-10-14-16-17-20-26(5)21-18-19-23-31-25-30(22-15-11-2)24-27(6)32(12-3)33(9,13-4)29(8)28(31)7/h26-32H,10-25H2,1-9H3. The topological polar surface area (TPSA) is 0 Å². The summed E-state index contributed by atoms with van der Waals surface area (Å²) in [7, 11) is 0. The molecular weight excluding hydrogens is 396 g/mol. The number of unbranched alkanes of at least 4 members (excludes halogenated alkanes) is 5. The molecule has 8 unspecified atom stereocenters. The largest absolute Gasteiger partial charge is 0.0654 e. The van der Waals surface area contributed by atoms with E-state index in [9.17, 15) is 0 Å². The molecule has 0 amide bonds. The average Bonchev–Trinajstić information content (AvgIpc) is 2.82. The maximum Gasteiger partial charge on any atom is -0.0269 e. The van der Waals surface area contributed by atoms with Gasteiger partial charge in [0.05, 0.1) is 0 Å². The summed E-state index contributed by atoms with van der Waals surface area (Å²) >= 11 is 0. The van der Waals surface area contributed by atoms with Gasteiger partial charge in [0.2, 0.25) is 0 Å². The van der Waals surface area contributed by atoms with Crippen LogP contribution in [-0.4, -0.2) is 0 Å². The van der Waals surface area contributed by atoms with Crippen LogP contribution in [-0.2, 0) is 0 Å². The molecule has 0 aromatic rings. The first-order valence-corrected chi connectivity index (χ1v) is 15.7. The molecule has 198 valence electrons. The first-order chi connectivity index (χ1) is 15.7. The van der Waals surface area contributed by atoms with Crippen LogP contribution in [0.15, 0.2) is 0 Å². The third-order valence-corrected chi connectivity index (χ3v) is 10.7. The van der Waals surface area contributed by atoms with Gasteiger partial charge in [-0.25, -0.2) is 0 Å².